The average molecular weight is 373 g/mol. The highest BCUT2D eigenvalue weighted by Gasteiger charge is 2.16. The van der Waals surface area contributed by atoms with Crippen molar-refractivity contribution in [2.24, 2.45) is 5.10 Å². The summed E-state index contributed by atoms with van der Waals surface area (Å²) >= 11 is 0. The smallest absolute Gasteiger partial charge is 0.0981 e. The van der Waals surface area contributed by atoms with Gasteiger partial charge in [0.1, 0.15) is 0 Å². The topological polar surface area (TPSA) is 30.9 Å². The fourth-order valence-electron chi connectivity index (χ4n) is 3.21. The van der Waals surface area contributed by atoms with Crippen LogP contribution in [-0.2, 0) is 6.42 Å². The third-order valence-corrected chi connectivity index (χ3v) is 5.03. The number of hydrogen-bond acceptors (Lipinski definition) is 4. The number of likely N-dealkylation sites (N-methyl/N-ethyl adjacent to an activating group) is 1. The van der Waals surface area contributed by atoms with E-state index in [1.165, 1.54) is 11.1 Å². The zero-order chi connectivity index (χ0) is 20.1. The Morgan fingerprint density at radius 3 is 2.46 bits per heavy atom. The number of rotatable bonds is 7. The Bertz CT molecular complexity index is 907. The van der Waals surface area contributed by atoms with Gasteiger partial charge >= 0.3 is 0 Å². The van der Waals surface area contributed by atoms with Crippen molar-refractivity contribution >= 4 is 17.5 Å². The van der Waals surface area contributed by atoms with Crippen molar-refractivity contribution < 1.29 is 0 Å². The lowest BCUT2D eigenvalue weighted by Crippen LogP contribution is -2.28. The molecule has 0 aliphatic carbocycles. The normalized spacial score (nSPS) is 13.7. The Morgan fingerprint density at radius 1 is 1.11 bits per heavy atom. The maximum atomic E-state index is 4.31. The van der Waals surface area contributed by atoms with Gasteiger partial charge in [0.15, 0.2) is 0 Å². The van der Waals surface area contributed by atoms with Gasteiger partial charge in [-0.15, -0.1) is 0 Å². The van der Waals surface area contributed by atoms with Crippen LogP contribution in [-0.4, -0.2) is 31.9 Å². The molecule has 1 aliphatic rings. The summed E-state index contributed by atoms with van der Waals surface area (Å²) in [5, 5.41) is 9.53. The standard InChI is InChI=1S/C24H28N4/c1-18-17-26-28(5)19(2)24(18)22-13-11-21(12-14-22)15-16-25-20(3)27(4)23-9-7-6-8-10-23/h6-14,17,25H,2-3,15-16H2,1,4-5H3. The highest BCUT2D eigenvalue weighted by Crippen LogP contribution is 2.29. The van der Waals surface area contributed by atoms with E-state index in [0.717, 1.165) is 41.3 Å². The maximum absolute atomic E-state index is 4.31. The van der Waals surface area contributed by atoms with Crippen LogP contribution in [0.4, 0.5) is 5.69 Å². The molecule has 0 unspecified atom stereocenters. The molecule has 4 heteroatoms. The summed E-state index contributed by atoms with van der Waals surface area (Å²) in [7, 11) is 3.94. The molecule has 3 rings (SSSR count). The first-order chi connectivity index (χ1) is 13.5. The highest BCUT2D eigenvalue weighted by atomic mass is 15.4. The molecule has 0 spiro atoms. The number of nitrogens with zero attached hydrogens (tertiary/aromatic N) is 3. The minimum absolute atomic E-state index is 0.833. The van der Waals surface area contributed by atoms with Gasteiger partial charge in [-0.2, -0.15) is 5.10 Å². The lowest BCUT2D eigenvalue weighted by molar-refractivity contribution is 0.465. The first kappa shape index (κ1) is 19.5. The summed E-state index contributed by atoms with van der Waals surface area (Å²) in [6.07, 6.45) is 2.82. The van der Waals surface area contributed by atoms with E-state index in [9.17, 15) is 0 Å². The van der Waals surface area contributed by atoms with E-state index in [2.05, 4.69) is 71.8 Å². The number of para-hydroxylation sites is 1. The third kappa shape index (κ3) is 4.34. The number of allylic oxidation sites excluding steroid dienone is 2. The van der Waals surface area contributed by atoms with Crippen LogP contribution in [0.2, 0.25) is 0 Å². The Kier molecular flexibility index (Phi) is 5.99. The second-order valence-electron chi connectivity index (χ2n) is 6.99. The van der Waals surface area contributed by atoms with Crippen molar-refractivity contribution in [3.05, 3.63) is 96.0 Å². The molecule has 2 aromatic rings. The van der Waals surface area contributed by atoms with Crippen LogP contribution in [0.5, 0.6) is 0 Å². The van der Waals surface area contributed by atoms with E-state index in [1.54, 1.807) is 0 Å². The number of benzene rings is 2. The maximum Gasteiger partial charge on any atom is 0.0981 e. The third-order valence-electron chi connectivity index (χ3n) is 5.03. The van der Waals surface area contributed by atoms with Gasteiger partial charge in [0, 0.05) is 31.9 Å². The number of nitrogens with one attached hydrogen (secondary N) is 1. The molecule has 0 saturated carbocycles. The molecule has 28 heavy (non-hydrogen) atoms. The van der Waals surface area contributed by atoms with Gasteiger partial charge in [0.25, 0.3) is 0 Å². The largest absolute Gasteiger partial charge is 0.372 e. The quantitative estimate of drug-likeness (QED) is 0.768. The van der Waals surface area contributed by atoms with Crippen LogP contribution in [0.1, 0.15) is 18.1 Å². The number of hydrogen-bond donors (Lipinski definition) is 1. The van der Waals surface area contributed by atoms with Crippen LogP contribution in [0, 0.1) is 0 Å². The van der Waals surface area contributed by atoms with E-state index >= 15 is 0 Å². The van der Waals surface area contributed by atoms with Crippen molar-refractivity contribution in [1.82, 2.24) is 10.3 Å². The zero-order valence-electron chi connectivity index (χ0n) is 16.9. The van der Waals surface area contributed by atoms with E-state index in [-0.39, 0.29) is 0 Å². The molecule has 0 bridgehead atoms. The first-order valence-electron chi connectivity index (χ1n) is 9.46. The summed E-state index contributed by atoms with van der Waals surface area (Å²) in [6, 6.07) is 18.9. The van der Waals surface area contributed by atoms with Crippen LogP contribution < -0.4 is 10.2 Å². The molecule has 0 radical (unpaired) electrons. The van der Waals surface area contributed by atoms with Crippen LogP contribution in [0.3, 0.4) is 0 Å². The van der Waals surface area contributed by atoms with Crippen LogP contribution in [0.25, 0.3) is 5.57 Å². The Morgan fingerprint density at radius 2 is 1.79 bits per heavy atom. The summed E-state index contributed by atoms with van der Waals surface area (Å²) < 4.78 is 0. The Balaban J connectivity index is 1.57. The van der Waals surface area contributed by atoms with Gasteiger partial charge in [-0.25, -0.2) is 0 Å². The Hall–Kier alpha value is -3.27. The van der Waals surface area contributed by atoms with Crippen molar-refractivity contribution in [1.29, 1.82) is 0 Å². The molecule has 0 saturated heterocycles. The second-order valence-corrected chi connectivity index (χ2v) is 6.99. The van der Waals surface area contributed by atoms with Crippen molar-refractivity contribution in [2.45, 2.75) is 13.3 Å². The van der Waals surface area contributed by atoms with Gasteiger partial charge in [0.2, 0.25) is 0 Å². The monoisotopic (exact) mass is 372 g/mol. The molecular formula is C24H28N4. The molecule has 0 amide bonds. The molecule has 1 aliphatic heterocycles. The van der Waals surface area contributed by atoms with Gasteiger partial charge in [0.05, 0.1) is 17.7 Å². The predicted molar refractivity (Wildman–Crippen MR) is 120 cm³/mol. The molecule has 1 N–H and O–H groups in total. The lowest BCUT2D eigenvalue weighted by Gasteiger charge is -2.24. The summed E-state index contributed by atoms with van der Waals surface area (Å²) in [6.45, 7) is 11.2. The van der Waals surface area contributed by atoms with Gasteiger partial charge in [-0.1, -0.05) is 55.6 Å². The molecule has 4 nitrogen and oxygen atoms in total. The Labute approximate surface area is 168 Å². The SMILES string of the molecule is C=C1C(c2ccc(CCNC(=C)N(C)c3ccccc3)cc2)=C(C)C=NN1C. The average Bonchev–Trinajstić information content (AvgIpc) is 2.72. The first-order valence-corrected chi connectivity index (χ1v) is 9.46. The lowest BCUT2D eigenvalue weighted by atomic mass is 9.96. The molecule has 2 aromatic carbocycles. The van der Waals surface area contributed by atoms with Gasteiger partial charge in [-0.05, 0) is 42.2 Å². The molecule has 1 heterocycles. The molecule has 0 aromatic heterocycles. The zero-order valence-corrected chi connectivity index (χ0v) is 16.9. The van der Waals surface area contributed by atoms with E-state index in [0.29, 0.717) is 0 Å². The predicted octanol–water partition coefficient (Wildman–Crippen LogP) is 4.64. The molecular weight excluding hydrogens is 344 g/mol. The van der Waals surface area contributed by atoms with Gasteiger partial charge in [-0.3, -0.25) is 5.01 Å². The van der Waals surface area contributed by atoms with E-state index in [4.69, 9.17) is 0 Å². The fraction of sp³-hybridized carbons (Fsp3) is 0.208. The van der Waals surface area contributed by atoms with Crippen LogP contribution in [0.15, 0.2) is 89.9 Å². The van der Waals surface area contributed by atoms with Crippen LogP contribution >= 0.6 is 0 Å². The fourth-order valence-corrected chi connectivity index (χ4v) is 3.21. The van der Waals surface area contributed by atoms with Gasteiger partial charge < -0.3 is 10.2 Å². The minimum atomic E-state index is 0.833. The number of anilines is 1. The molecule has 0 fully saturated rings. The summed E-state index contributed by atoms with van der Waals surface area (Å²) in [5.74, 6) is 0.893. The minimum Gasteiger partial charge on any atom is -0.372 e. The van der Waals surface area contributed by atoms with Crippen molar-refractivity contribution in [2.75, 3.05) is 25.5 Å². The van der Waals surface area contributed by atoms with Crippen molar-refractivity contribution in [3.63, 3.8) is 0 Å². The molecule has 0 atom stereocenters. The van der Waals surface area contributed by atoms with Crippen molar-refractivity contribution in [3.8, 4) is 0 Å². The summed E-state index contributed by atoms with van der Waals surface area (Å²) in [4.78, 5) is 2.06. The van der Waals surface area contributed by atoms with E-state index < -0.39 is 0 Å². The number of hydrazone groups is 1. The van der Waals surface area contributed by atoms with E-state index in [1.807, 2.05) is 43.5 Å². The second kappa shape index (κ2) is 8.61. The molecule has 144 valence electrons. The summed E-state index contributed by atoms with van der Waals surface area (Å²) in [5.41, 5.74) is 6.79. The highest BCUT2D eigenvalue weighted by molar-refractivity contribution is 5.97.